The molecule has 7 aliphatic carbocycles. The molecule has 7 atom stereocenters. The summed E-state index contributed by atoms with van der Waals surface area (Å²) in [6.07, 6.45) is -7.04. The maximum Gasteiger partial charge on any atom is 0.405 e. The lowest BCUT2D eigenvalue weighted by atomic mass is 9.45. The van der Waals surface area contributed by atoms with Crippen LogP contribution >= 0.6 is 0 Å². The number of rotatable bonds is 14. The van der Waals surface area contributed by atoms with Crippen LogP contribution in [0.5, 0.6) is 0 Å². The van der Waals surface area contributed by atoms with E-state index in [2.05, 4.69) is 0 Å². The van der Waals surface area contributed by atoms with E-state index in [1.165, 1.54) is 34.6 Å². The lowest BCUT2D eigenvalue weighted by Gasteiger charge is -2.62. The highest BCUT2D eigenvalue weighted by Crippen LogP contribution is 2.66. The number of carbonyl (C=O) groups excluding carboxylic acids is 3. The quantitative estimate of drug-likeness (QED) is 0.104. The van der Waals surface area contributed by atoms with Crippen LogP contribution < -0.4 is 0 Å². The van der Waals surface area contributed by atoms with Gasteiger partial charge in [-0.25, -0.2) is 0 Å². The lowest BCUT2D eigenvalue weighted by Crippen LogP contribution is -2.62. The number of alkyl halides is 6. The van der Waals surface area contributed by atoms with Crippen LogP contribution in [0.2, 0.25) is 0 Å². The lowest BCUT2D eigenvalue weighted by molar-refractivity contribution is -0.286. The van der Waals surface area contributed by atoms with Crippen LogP contribution in [0, 0.1) is 56.7 Å². The van der Waals surface area contributed by atoms with Gasteiger partial charge in [-0.05, 0) is 164 Å². The molecule has 7 saturated carbocycles. The maximum absolute atomic E-state index is 16.2. The van der Waals surface area contributed by atoms with E-state index in [4.69, 9.17) is 18.9 Å². The molecular weight excluding hydrogens is 806 g/mol. The fourth-order valence-corrected chi connectivity index (χ4v) is 14.6. The largest absolute Gasteiger partial charge is 0.462 e. The van der Waals surface area contributed by atoms with Gasteiger partial charge in [0, 0.05) is 11.8 Å². The van der Waals surface area contributed by atoms with Gasteiger partial charge in [-0.3, -0.25) is 14.4 Å². The van der Waals surface area contributed by atoms with Gasteiger partial charge in [0.15, 0.2) is 10.8 Å². The van der Waals surface area contributed by atoms with Gasteiger partial charge in [0.2, 0.25) is 0 Å². The highest BCUT2D eigenvalue weighted by molar-refractivity contribution is 5.80. The Morgan fingerprint density at radius 2 is 1.31 bits per heavy atom. The van der Waals surface area contributed by atoms with Crippen LogP contribution in [0.4, 0.5) is 26.3 Å². The molecule has 0 spiro atoms. The second-order valence-corrected chi connectivity index (χ2v) is 23.3. The van der Waals surface area contributed by atoms with Crippen molar-refractivity contribution in [1.82, 2.24) is 0 Å². The summed E-state index contributed by atoms with van der Waals surface area (Å²) in [5.41, 5.74) is -12.6. The van der Waals surface area contributed by atoms with E-state index in [0.717, 1.165) is 45.4 Å². The number of fused-ring (bicyclic) bond motifs is 1. The summed E-state index contributed by atoms with van der Waals surface area (Å²) in [6.45, 7) is 11.2. The summed E-state index contributed by atoms with van der Waals surface area (Å²) in [4.78, 5) is 41.7. The molecule has 2 aliphatic heterocycles. The molecule has 61 heavy (non-hydrogen) atoms. The average molecular weight is 877 g/mol. The molecule has 14 heteroatoms. The number of hydrogen-bond donors (Lipinski definition) is 1. The Kier molecular flexibility index (Phi) is 11.9. The monoisotopic (exact) mass is 876 g/mol. The average Bonchev–Trinajstić information content (AvgIpc) is 3.26. The van der Waals surface area contributed by atoms with Crippen LogP contribution in [0.15, 0.2) is 0 Å². The van der Waals surface area contributed by atoms with E-state index < -0.39 is 112 Å². The van der Waals surface area contributed by atoms with Gasteiger partial charge in [0.05, 0.1) is 23.7 Å². The Labute approximate surface area is 357 Å². The summed E-state index contributed by atoms with van der Waals surface area (Å²) in [6, 6.07) is 0. The number of esters is 3. The molecule has 2 saturated heterocycles. The Balaban J connectivity index is 1.24. The molecule has 0 aromatic carbocycles. The molecule has 348 valence electrons. The number of halogens is 6. The van der Waals surface area contributed by atoms with Crippen molar-refractivity contribution in [1.29, 1.82) is 0 Å². The second kappa shape index (κ2) is 15.5. The molecule has 9 aliphatic rings. The van der Waals surface area contributed by atoms with Crippen LogP contribution in [-0.4, -0.2) is 71.0 Å². The van der Waals surface area contributed by atoms with E-state index in [1.807, 2.05) is 0 Å². The minimum absolute atomic E-state index is 0.0110. The maximum atomic E-state index is 16.2. The Morgan fingerprint density at radius 1 is 0.754 bits per heavy atom. The first-order valence-corrected chi connectivity index (χ1v) is 23.1. The first-order valence-electron chi connectivity index (χ1n) is 23.1. The van der Waals surface area contributed by atoms with Crippen LogP contribution in [0.3, 0.4) is 0 Å². The summed E-state index contributed by atoms with van der Waals surface area (Å²) in [5.74, 6) is -2.43. The van der Waals surface area contributed by atoms with Crippen LogP contribution in [-0.2, 0) is 33.3 Å². The Bertz CT molecular complexity index is 1650. The molecule has 2 heterocycles. The molecule has 0 aromatic heterocycles. The molecular formula is C47H70F6O8. The third kappa shape index (κ3) is 8.27. The van der Waals surface area contributed by atoms with Crippen molar-refractivity contribution in [3.05, 3.63) is 0 Å². The number of ether oxygens (including phenoxy) is 4. The van der Waals surface area contributed by atoms with Crippen LogP contribution in [0.25, 0.3) is 0 Å². The number of aliphatic hydroxyl groups is 1. The predicted molar refractivity (Wildman–Crippen MR) is 212 cm³/mol. The summed E-state index contributed by atoms with van der Waals surface area (Å²) in [5, 5.41) is 9.96. The molecule has 9 fully saturated rings. The standard InChI is InChI=1S/C47H70F6O8/c1-9-45(47(51,52)53,38(57)61-41(6,7)43-19-27-14-28(20-43)16-29(15-27)21-43)40(4,5)25-35(60-44-22-30-17-31(23-44)36(55)58-34(18-30)24-44)39(2,3)26-42(8,46(48,49)50)37(56)59-33-12-10-32(54)11-13-33/h27-35,54H,9-26H2,1-8H3. The van der Waals surface area contributed by atoms with Gasteiger partial charge in [-0.2, -0.15) is 26.3 Å². The fourth-order valence-electron chi connectivity index (χ4n) is 14.6. The summed E-state index contributed by atoms with van der Waals surface area (Å²) >= 11 is 0. The van der Waals surface area contributed by atoms with Gasteiger partial charge in [0.25, 0.3) is 0 Å². The molecule has 8 nitrogen and oxygen atoms in total. The van der Waals surface area contributed by atoms with Crippen LogP contribution in [0.1, 0.15) is 171 Å². The van der Waals surface area contributed by atoms with Crippen molar-refractivity contribution in [3.8, 4) is 0 Å². The van der Waals surface area contributed by atoms with Crippen molar-refractivity contribution in [2.45, 2.75) is 219 Å². The SMILES string of the molecule is CCC(C(=O)OC(C)(C)C12CC3CC(CC(C3)C1)C2)(C(F)(F)F)C(C)(C)CC(OC12CC3CC(C1)OC(=O)C(C3)C2)C(C)(C)CC(C)(C(=O)OC1CCC(O)CC1)C(F)(F)F. The van der Waals surface area contributed by atoms with Gasteiger partial charge in [-0.15, -0.1) is 0 Å². The topological polar surface area (TPSA) is 108 Å². The molecule has 0 amide bonds. The van der Waals surface area contributed by atoms with E-state index in [9.17, 15) is 19.5 Å². The molecule has 8 bridgehead atoms. The van der Waals surface area contributed by atoms with Gasteiger partial charge in [0.1, 0.15) is 17.8 Å². The zero-order valence-corrected chi connectivity index (χ0v) is 37.5. The molecule has 9 rings (SSSR count). The summed E-state index contributed by atoms with van der Waals surface area (Å²) in [7, 11) is 0. The van der Waals surface area contributed by atoms with Crippen molar-refractivity contribution < 1.29 is 64.8 Å². The van der Waals surface area contributed by atoms with Gasteiger partial charge < -0.3 is 24.1 Å². The minimum Gasteiger partial charge on any atom is -0.462 e. The van der Waals surface area contributed by atoms with Crippen molar-refractivity contribution >= 4 is 17.9 Å². The second-order valence-electron chi connectivity index (χ2n) is 23.3. The minimum atomic E-state index is -5.13. The Morgan fingerprint density at radius 3 is 1.84 bits per heavy atom. The predicted octanol–water partition coefficient (Wildman–Crippen LogP) is 11.0. The number of carbonyl (C=O) groups is 3. The molecule has 0 radical (unpaired) electrons. The first kappa shape index (κ1) is 46.9. The normalized spacial score (nSPS) is 37.7. The fraction of sp³-hybridized carbons (Fsp3) is 0.936. The molecule has 1 N–H and O–H groups in total. The van der Waals surface area contributed by atoms with Gasteiger partial charge in [-0.1, -0.05) is 34.6 Å². The highest BCUT2D eigenvalue weighted by Gasteiger charge is 2.71. The third-order valence-electron chi connectivity index (χ3n) is 17.7. The Hall–Kier alpha value is -2.09. The van der Waals surface area contributed by atoms with Gasteiger partial charge >= 0.3 is 30.3 Å². The summed E-state index contributed by atoms with van der Waals surface area (Å²) < 4.78 is 119. The van der Waals surface area contributed by atoms with E-state index in [1.54, 1.807) is 13.8 Å². The zero-order valence-electron chi connectivity index (χ0n) is 37.5. The van der Waals surface area contributed by atoms with Crippen molar-refractivity contribution in [2.75, 3.05) is 0 Å². The van der Waals surface area contributed by atoms with Crippen molar-refractivity contribution in [2.24, 2.45) is 56.7 Å². The first-order chi connectivity index (χ1) is 28.0. The smallest absolute Gasteiger partial charge is 0.405 e. The van der Waals surface area contributed by atoms with E-state index in [-0.39, 0.29) is 50.4 Å². The number of hydrogen-bond acceptors (Lipinski definition) is 8. The zero-order chi connectivity index (χ0) is 45.0. The van der Waals surface area contributed by atoms with Crippen molar-refractivity contribution in [3.63, 3.8) is 0 Å². The molecule has 0 aromatic rings. The van der Waals surface area contributed by atoms with E-state index >= 15 is 26.3 Å². The third-order valence-corrected chi connectivity index (χ3v) is 17.7. The number of aliphatic hydroxyl groups excluding tert-OH is 1. The molecule has 7 unspecified atom stereocenters. The van der Waals surface area contributed by atoms with E-state index in [0.29, 0.717) is 37.0 Å². The highest BCUT2D eigenvalue weighted by atomic mass is 19.4.